The van der Waals surface area contributed by atoms with E-state index >= 15 is 0 Å². The van der Waals surface area contributed by atoms with Crippen LogP contribution in [0.4, 0.5) is 17.5 Å². The summed E-state index contributed by atoms with van der Waals surface area (Å²) in [6, 6.07) is 14.7. The Labute approximate surface area is 133 Å². The largest absolute Gasteiger partial charge is 0.370 e. The van der Waals surface area contributed by atoms with Gasteiger partial charge in [-0.2, -0.15) is 4.98 Å². The Kier molecular flexibility index (Phi) is 4.05. The molecule has 116 valence electrons. The highest BCUT2D eigenvalue weighted by molar-refractivity contribution is 5.93. The van der Waals surface area contributed by atoms with Crippen molar-refractivity contribution in [3.63, 3.8) is 0 Å². The molecule has 0 saturated heterocycles. The fraction of sp³-hybridized carbons (Fsp3) is 0.118. The zero-order chi connectivity index (χ0) is 16.2. The molecule has 0 spiro atoms. The molecule has 0 radical (unpaired) electrons. The van der Waals surface area contributed by atoms with E-state index in [1.165, 1.54) is 0 Å². The first-order chi connectivity index (χ1) is 11.2. The first kappa shape index (κ1) is 14.8. The topological polar surface area (TPSA) is 92.9 Å². The number of carbonyl (C=O) groups is 1. The predicted molar refractivity (Wildman–Crippen MR) is 91.9 cm³/mol. The summed E-state index contributed by atoms with van der Waals surface area (Å²) in [5, 5.41) is 7.37. The number of fused-ring (bicyclic) bond motifs is 1. The van der Waals surface area contributed by atoms with Crippen molar-refractivity contribution >= 4 is 34.3 Å². The van der Waals surface area contributed by atoms with Crippen LogP contribution in [0.15, 0.2) is 48.5 Å². The number of aromatic nitrogens is 2. The molecule has 6 heteroatoms. The third kappa shape index (κ3) is 3.21. The van der Waals surface area contributed by atoms with E-state index in [1.54, 1.807) is 24.3 Å². The lowest BCUT2D eigenvalue weighted by molar-refractivity contribution is 0.100. The first-order valence-electron chi connectivity index (χ1n) is 7.35. The van der Waals surface area contributed by atoms with Crippen molar-refractivity contribution < 1.29 is 4.79 Å². The molecule has 3 rings (SSSR count). The number of primary amides is 1. The summed E-state index contributed by atoms with van der Waals surface area (Å²) in [4.78, 5) is 20.1. The standard InChI is InChI=1S/C17H17N5O/c1-2-19-16-13-5-3-4-6-14(13)21-17(22-16)20-12-9-7-11(8-10-12)15(18)23/h3-10H,2H2,1H3,(H2,18,23)(H2,19,20,21,22). The Morgan fingerprint density at radius 2 is 1.83 bits per heavy atom. The van der Waals surface area contributed by atoms with E-state index in [4.69, 9.17) is 5.73 Å². The number of rotatable bonds is 5. The van der Waals surface area contributed by atoms with Crippen LogP contribution in [0.5, 0.6) is 0 Å². The monoisotopic (exact) mass is 307 g/mol. The fourth-order valence-electron chi connectivity index (χ4n) is 2.28. The fourth-order valence-corrected chi connectivity index (χ4v) is 2.28. The molecule has 1 heterocycles. The summed E-state index contributed by atoms with van der Waals surface area (Å²) >= 11 is 0. The summed E-state index contributed by atoms with van der Waals surface area (Å²) in [5.41, 5.74) is 7.34. The first-order valence-corrected chi connectivity index (χ1v) is 7.35. The number of carbonyl (C=O) groups excluding carboxylic acids is 1. The second kappa shape index (κ2) is 6.31. The van der Waals surface area contributed by atoms with Crippen LogP contribution in [-0.2, 0) is 0 Å². The van der Waals surface area contributed by atoms with Crippen LogP contribution in [0.2, 0.25) is 0 Å². The van der Waals surface area contributed by atoms with Gasteiger partial charge in [0.1, 0.15) is 5.82 Å². The van der Waals surface area contributed by atoms with Crippen molar-refractivity contribution in [1.29, 1.82) is 0 Å². The van der Waals surface area contributed by atoms with Gasteiger partial charge in [-0.15, -0.1) is 0 Å². The summed E-state index contributed by atoms with van der Waals surface area (Å²) in [6.07, 6.45) is 0. The number of hydrogen-bond donors (Lipinski definition) is 3. The molecule has 6 nitrogen and oxygen atoms in total. The Morgan fingerprint density at radius 1 is 1.09 bits per heavy atom. The molecule has 0 aliphatic carbocycles. The quantitative estimate of drug-likeness (QED) is 0.674. The van der Waals surface area contributed by atoms with Crippen molar-refractivity contribution in [1.82, 2.24) is 9.97 Å². The molecule has 0 bridgehead atoms. The molecule has 4 N–H and O–H groups in total. The smallest absolute Gasteiger partial charge is 0.248 e. The van der Waals surface area contributed by atoms with Gasteiger partial charge in [-0.3, -0.25) is 4.79 Å². The highest BCUT2D eigenvalue weighted by atomic mass is 16.1. The number of nitrogens with zero attached hydrogens (tertiary/aromatic N) is 2. The number of hydrogen-bond acceptors (Lipinski definition) is 5. The predicted octanol–water partition coefficient (Wildman–Crippen LogP) is 2.90. The summed E-state index contributed by atoms with van der Waals surface area (Å²) in [7, 11) is 0. The van der Waals surface area contributed by atoms with E-state index in [2.05, 4.69) is 20.6 Å². The normalized spacial score (nSPS) is 10.5. The SMILES string of the molecule is CCNc1nc(Nc2ccc(C(N)=O)cc2)nc2ccccc12. The Balaban J connectivity index is 1.94. The molecule has 3 aromatic rings. The number of benzene rings is 2. The Morgan fingerprint density at radius 3 is 2.52 bits per heavy atom. The van der Waals surface area contributed by atoms with E-state index < -0.39 is 5.91 Å². The molecule has 0 saturated carbocycles. The lowest BCUT2D eigenvalue weighted by atomic mass is 10.2. The van der Waals surface area contributed by atoms with Gasteiger partial charge in [-0.05, 0) is 43.3 Å². The van der Waals surface area contributed by atoms with Gasteiger partial charge in [0.25, 0.3) is 0 Å². The minimum Gasteiger partial charge on any atom is -0.370 e. The lowest BCUT2D eigenvalue weighted by Crippen LogP contribution is -2.10. The van der Waals surface area contributed by atoms with Crippen LogP contribution in [0, 0.1) is 0 Å². The number of anilines is 3. The number of para-hydroxylation sites is 1. The molecule has 2 aromatic carbocycles. The molecule has 0 aliphatic heterocycles. The van der Waals surface area contributed by atoms with Crippen molar-refractivity contribution in [2.24, 2.45) is 5.73 Å². The summed E-state index contributed by atoms with van der Waals surface area (Å²) < 4.78 is 0. The van der Waals surface area contributed by atoms with Crippen LogP contribution in [0.3, 0.4) is 0 Å². The van der Waals surface area contributed by atoms with Gasteiger partial charge < -0.3 is 16.4 Å². The average Bonchev–Trinajstić information content (AvgIpc) is 2.55. The van der Waals surface area contributed by atoms with Gasteiger partial charge in [-0.25, -0.2) is 4.98 Å². The van der Waals surface area contributed by atoms with Gasteiger partial charge in [0.2, 0.25) is 11.9 Å². The lowest BCUT2D eigenvalue weighted by Gasteiger charge is -2.11. The van der Waals surface area contributed by atoms with Crippen molar-refractivity contribution in [3.05, 3.63) is 54.1 Å². The summed E-state index contributed by atoms with van der Waals surface area (Å²) in [5.74, 6) is 0.828. The molecule has 1 aromatic heterocycles. The maximum absolute atomic E-state index is 11.1. The van der Waals surface area contributed by atoms with Crippen LogP contribution in [0.25, 0.3) is 10.9 Å². The number of nitrogens with one attached hydrogen (secondary N) is 2. The molecular weight excluding hydrogens is 290 g/mol. The van der Waals surface area contributed by atoms with E-state index in [0.717, 1.165) is 29.0 Å². The maximum atomic E-state index is 11.1. The van der Waals surface area contributed by atoms with E-state index in [-0.39, 0.29) is 0 Å². The van der Waals surface area contributed by atoms with Gasteiger partial charge in [0.15, 0.2) is 0 Å². The van der Waals surface area contributed by atoms with Gasteiger partial charge in [0, 0.05) is 23.2 Å². The van der Waals surface area contributed by atoms with Crippen LogP contribution in [-0.4, -0.2) is 22.4 Å². The molecule has 0 atom stereocenters. The molecule has 0 fully saturated rings. The molecular formula is C17H17N5O. The van der Waals surface area contributed by atoms with Crippen molar-refractivity contribution in [2.75, 3.05) is 17.2 Å². The van der Waals surface area contributed by atoms with Gasteiger partial charge >= 0.3 is 0 Å². The minimum absolute atomic E-state index is 0.451. The number of nitrogens with two attached hydrogens (primary N) is 1. The van der Waals surface area contributed by atoms with Gasteiger partial charge in [0.05, 0.1) is 5.52 Å². The zero-order valence-corrected chi connectivity index (χ0v) is 12.7. The van der Waals surface area contributed by atoms with E-state index in [1.807, 2.05) is 31.2 Å². The highest BCUT2D eigenvalue weighted by Crippen LogP contribution is 2.23. The highest BCUT2D eigenvalue weighted by Gasteiger charge is 2.07. The molecule has 1 amide bonds. The van der Waals surface area contributed by atoms with E-state index in [9.17, 15) is 4.79 Å². The third-order valence-corrected chi connectivity index (χ3v) is 3.37. The second-order valence-corrected chi connectivity index (χ2v) is 5.01. The Bertz CT molecular complexity index is 845. The van der Waals surface area contributed by atoms with Crippen LogP contribution in [0.1, 0.15) is 17.3 Å². The molecule has 0 unspecified atom stereocenters. The average molecular weight is 307 g/mol. The van der Waals surface area contributed by atoms with Crippen molar-refractivity contribution in [2.45, 2.75) is 6.92 Å². The van der Waals surface area contributed by atoms with Gasteiger partial charge in [-0.1, -0.05) is 12.1 Å². The van der Waals surface area contributed by atoms with Crippen LogP contribution < -0.4 is 16.4 Å². The second-order valence-electron chi connectivity index (χ2n) is 5.01. The van der Waals surface area contributed by atoms with Crippen molar-refractivity contribution in [3.8, 4) is 0 Å². The summed E-state index contributed by atoms with van der Waals surface area (Å²) in [6.45, 7) is 2.79. The molecule has 0 aliphatic rings. The number of amides is 1. The van der Waals surface area contributed by atoms with Crippen LogP contribution >= 0.6 is 0 Å². The molecule has 23 heavy (non-hydrogen) atoms. The maximum Gasteiger partial charge on any atom is 0.248 e. The van der Waals surface area contributed by atoms with E-state index in [0.29, 0.717) is 11.5 Å². The zero-order valence-electron chi connectivity index (χ0n) is 12.7. The third-order valence-electron chi connectivity index (χ3n) is 3.37. The Hall–Kier alpha value is -3.15. The minimum atomic E-state index is -0.451.